The fourth-order valence-corrected chi connectivity index (χ4v) is 4.47. The molecule has 0 aromatic heterocycles. The largest absolute Gasteiger partial charge is 0.411 e. The number of nitrogens with one attached hydrogen (secondary N) is 2. The zero-order chi connectivity index (χ0) is 26.3. The van der Waals surface area contributed by atoms with E-state index in [1.165, 1.54) is 27.7 Å². The summed E-state index contributed by atoms with van der Waals surface area (Å²) in [6, 6.07) is 0. The summed E-state index contributed by atoms with van der Waals surface area (Å²) in [7, 11) is 1.52. The van der Waals surface area contributed by atoms with Crippen LogP contribution >= 0.6 is 21.6 Å². The van der Waals surface area contributed by atoms with E-state index in [0.717, 1.165) is 21.6 Å². The Labute approximate surface area is 204 Å². The minimum absolute atomic E-state index is 0.0385. The maximum absolute atomic E-state index is 12.1. The van der Waals surface area contributed by atoms with Crippen LogP contribution in [0.4, 0.5) is 0 Å². The van der Waals surface area contributed by atoms with Gasteiger partial charge in [-0.3, -0.25) is 39.6 Å². The Morgan fingerprint density at radius 2 is 0.794 bits per heavy atom. The number of rotatable bonds is 13. The quantitative estimate of drug-likeness (QED) is 0.0904. The maximum Gasteiger partial charge on any atom is 0.315 e. The summed E-state index contributed by atoms with van der Waals surface area (Å²) >= 11 is 0. The van der Waals surface area contributed by atoms with Gasteiger partial charge in [0.05, 0.1) is 12.8 Å². The van der Waals surface area contributed by atoms with E-state index >= 15 is 0 Å². The molecule has 34 heavy (non-hydrogen) atoms. The van der Waals surface area contributed by atoms with Gasteiger partial charge in [0.1, 0.15) is 10.5 Å². The Morgan fingerprint density at radius 1 is 0.529 bits per heavy atom. The molecule has 12 nitrogen and oxygen atoms in total. The number of hydrogen-bond acceptors (Lipinski definition) is 14. The van der Waals surface area contributed by atoms with Crippen LogP contribution in [0.2, 0.25) is 0 Å². The Balaban J connectivity index is 5.55. The van der Waals surface area contributed by atoms with E-state index in [9.17, 15) is 28.8 Å². The van der Waals surface area contributed by atoms with Crippen LogP contribution in [0.1, 0.15) is 66.2 Å². The molecular formula is C20H28N2O10S2. The number of carbonyl (C=O) groups excluding carboxylic acids is 6. The lowest BCUT2D eigenvalue weighted by molar-refractivity contribution is -0.161. The van der Waals surface area contributed by atoms with Crippen LogP contribution in [0.15, 0.2) is 0 Å². The summed E-state index contributed by atoms with van der Waals surface area (Å²) in [5.74, 6) is -6.20. The third-order valence-electron chi connectivity index (χ3n) is 3.63. The Morgan fingerprint density at radius 3 is 1.06 bits per heavy atom. The van der Waals surface area contributed by atoms with E-state index in [1.807, 2.05) is 0 Å². The van der Waals surface area contributed by atoms with E-state index < -0.39 is 71.0 Å². The Kier molecular flexibility index (Phi) is 15.5. The van der Waals surface area contributed by atoms with Crippen molar-refractivity contribution in [2.45, 2.75) is 76.7 Å². The molecule has 0 aliphatic rings. The molecule has 0 spiro atoms. The van der Waals surface area contributed by atoms with Crippen LogP contribution < -0.4 is 0 Å². The molecule has 2 atom stereocenters. The molecule has 0 amide bonds. The molecule has 0 aliphatic heterocycles. The van der Waals surface area contributed by atoms with Gasteiger partial charge in [-0.15, -0.1) is 0 Å². The summed E-state index contributed by atoms with van der Waals surface area (Å²) < 4.78 is 18.9. The smallest absolute Gasteiger partial charge is 0.315 e. The Bertz CT molecular complexity index is 749. The van der Waals surface area contributed by atoms with Gasteiger partial charge in [-0.2, -0.15) is 0 Å². The lowest BCUT2D eigenvalue weighted by Crippen LogP contribution is -2.29. The van der Waals surface area contributed by atoms with Crippen molar-refractivity contribution in [1.29, 1.82) is 10.8 Å². The second kappa shape index (κ2) is 16.8. The lowest BCUT2D eigenvalue weighted by atomic mass is 10.3. The average Bonchev–Trinajstić information content (AvgIpc) is 2.79. The first-order valence-electron chi connectivity index (χ1n) is 10.3. The second-order valence-corrected chi connectivity index (χ2v) is 9.04. The summed E-state index contributed by atoms with van der Waals surface area (Å²) in [6.07, 6.45) is -1.26. The molecule has 0 radical (unpaired) electrons. The van der Waals surface area contributed by atoms with Crippen molar-refractivity contribution in [2.24, 2.45) is 0 Å². The fourth-order valence-electron chi connectivity index (χ4n) is 1.78. The van der Waals surface area contributed by atoms with Crippen LogP contribution in [0.25, 0.3) is 0 Å². The van der Waals surface area contributed by atoms with Crippen molar-refractivity contribution in [3.8, 4) is 0 Å². The van der Waals surface area contributed by atoms with Crippen molar-refractivity contribution in [3.63, 3.8) is 0 Å². The van der Waals surface area contributed by atoms with Crippen LogP contribution in [-0.2, 0) is 47.7 Å². The first-order valence-corrected chi connectivity index (χ1v) is 12.6. The molecular weight excluding hydrogens is 492 g/mol. The van der Waals surface area contributed by atoms with E-state index in [2.05, 4.69) is 9.47 Å². The van der Waals surface area contributed by atoms with E-state index in [-0.39, 0.29) is 25.7 Å². The lowest BCUT2D eigenvalue weighted by Gasteiger charge is -2.20. The summed E-state index contributed by atoms with van der Waals surface area (Å²) in [5.41, 5.74) is 0. The highest BCUT2D eigenvalue weighted by atomic mass is 33.1. The topological polar surface area (TPSA) is 187 Å². The van der Waals surface area contributed by atoms with Crippen LogP contribution in [0, 0.1) is 10.8 Å². The van der Waals surface area contributed by atoms with Crippen molar-refractivity contribution in [2.75, 3.05) is 0 Å². The van der Waals surface area contributed by atoms with Gasteiger partial charge in [0.25, 0.3) is 0 Å². The predicted molar refractivity (Wildman–Crippen MR) is 123 cm³/mol. The molecule has 2 unspecified atom stereocenters. The minimum Gasteiger partial charge on any atom is -0.411 e. The highest BCUT2D eigenvalue weighted by Gasteiger charge is 2.30. The van der Waals surface area contributed by atoms with E-state index in [1.54, 1.807) is 0 Å². The van der Waals surface area contributed by atoms with Crippen molar-refractivity contribution >= 4 is 69.2 Å². The average molecular weight is 521 g/mol. The molecule has 2 N–H and O–H groups in total. The molecule has 0 heterocycles. The minimum atomic E-state index is -1.15. The molecule has 0 rings (SSSR count). The van der Waals surface area contributed by atoms with Gasteiger partial charge in [-0.1, -0.05) is 49.3 Å². The van der Waals surface area contributed by atoms with Crippen LogP contribution in [0.5, 0.6) is 0 Å². The zero-order valence-electron chi connectivity index (χ0n) is 19.3. The van der Waals surface area contributed by atoms with Gasteiger partial charge >= 0.3 is 35.8 Å². The molecule has 0 bridgehead atoms. The van der Waals surface area contributed by atoms with Gasteiger partial charge in [0.2, 0.25) is 11.8 Å². The predicted octanol–water partition coefficient (Wildman–Crippen LogP) is 2.71. The van der Waals surface area contributed by atoms with Gasteiger partial charge in [-0.05, 0) is 0 Å². The molecule has 14 heteroatoms. The van der Waals surface area contributed by atoms with Gasteiger partial charge in [0, 0.05) is 25.7 Å². The number of hydrogen-bond donors (Lipinski definition) is 2. The Hall–Kier alpha value is -2.74. The normalized spacial score (nSPS) is 12.0. The van der Waals surface area contributed by atoms with Crippen molar-refractivity contribution in [3.05, 3.63) is 0 Å². The van der Waals surface area contributed by atoms with Crippen molar-refractivity contribution in [1.82, 2.24) is 0 Å². The monoisotopic (exact) mass is 520 g/mol. The number of esters is 6. The maximum atomic E-state index is 12.1. The van der Waals surface area contributed by atoms with Gasteiger partial charge < -0.3 is 18.9 Å². The summed E-state index contributed by atoms with van der Waals surface area (Å²) in [5, 5.41) is 13.7. The fraction of sp³-hybridized carbons (Fsp3) is 0.600. The summed E-state index contributed by atoms with van der Waals surface area (Å²) in [4.78, 5) is 70.0. The first kappa shape index (κ1) is 31.3. The molecule has 0 aliphatic carbocycles. The highest BCUT2D eigenvalue weighted by Crippen LogP contribution is 2.36. The van der Waals surface area contributed by atoms with Gasteiger partial charge in [0.15, 0.2) is 0 Å². The van der Waals surface area contributed by atoms with Crippen LogP contribution in [-0.4, -0.2) is 58.1 Å². The summed E-state index contributed by atoms with van der Waals surface area (Å²) in [6.45, 7) is 5.98. The first-order chi connectivity index (χ1) is 16.0. The molecule has 0 saturated heterocycles. The highest BCUT2D eigenvalue weighted by molar-refractivity contribution is 8.77. The third-order valence-corrected chi connectivity index (χ3v) is 6.70. The van der Waals surface area contributed by atoms with E-state index in [0.29, 0.717) is 0 Å². The number of carbonyl (C=O) groups is 6. The second-order valence-electron chi connectivity index (χ2n) is 6.36. The molecule has 190 valence electrons. The molecule has 0 aromatic rings. The third kappa shape index (κ3) is 13.1. The molecule has 0 saturated carbocycles. The SMILES string of the molecule is CCC(=O)OC(=N)C(CC(=O)OC(=O)CC)SSC(CC(=O)OC(=O)CC)C(=N)OC(=O)CC. The standard InChI is InChI=1S/C20H28N2O10S2/c1-5-13(23)29-17(27)9-11(19(21)31-15(25)7-3)33-34-12(20(22)32-16(26)8-4)10-18(28)30-14(24)6-2/h11-12,21-22H,5-10H2,1-4H3. The molecule has 0 aromatic carbocycles. The number of ether oxygens (including phenoxy) is 4. The molecule has 0 fully saturated rings. The van der Waals surface area contributed by atoms with E-state index in [4.69, 9.17) is 20.3 Å². The van der Waals surface area contributed by atoms with Gasteiger partial charge in [-0.25, -0.2) is 0 Å². The van der Waals surface area contributed by atoms with Crippen molar-refractivity contribution < 1.29 is 47.7 Å². The zero-order valence-corrected chi connectivity index (χ0v) is 20.9. The van der Waals surface area contributed by atoms with Crippen LogP contribution in [0.3, 0.4) is 0 Å².